The number of halogens is 1. The fourth-order valence-corrected chi connectivity index (χ4v) is 2.19. The summed E-state index contributed by atoms with van der Waals surface area (Å²) in [6, 6.07) is 7.58. The first kappa shape index (κ1) is 15.0. The smallest absolute Gasteiger partial charge is 0.145 e. The van der Waals surface area contributed by atoms with Crippen molar-refractivity contribution in [2.45, 2.75) is 33.3 Å². The predicted octanol–water partition coefficient (Wildman–Crippen LogP) is 4.70. The Hall–Kier alpha value is -1.39. The van der Waals surface area contributed by atoms with Crippen LogP contribution in [-0.2, 0) is 0 Å². The van der Waals surface area contributed by atoms with Crippen molar-refractivity contribution in [1.29, 1.82) is 0 Å². The van der Waals surface area contributed by atoms with Crippen molar-refractivity contribution >= 4 is 15.9 Å². The molecular weight excluding hydrogens is 318 g/mol. The van der Waals surface area contributed by atoms with Crippen molar-refractivity contribution in [3.05, 3.63) is 51.8 Å². The number of aromatic nitrogens is 1. The second-order valence-corrected chi connectivity index (χ2v) is 5.61. The van der Waals surface area contributed by atoms with Crippen molar-refractivity contribution in [2.75, 3.05) is 0 Å². The Kier molecular flexibility index (Phi) is 4.78. The van der Waals surface area contributed by atoms with Crippen LogP contribution in [0.25, 0.3) is 0 Å². The predicted molar refractivity (Wildman–Crippen MR) is 83.2 cm³/mol. The maximum absolute atomic E-state index is 9.70. The van der Waals surface area contributed by atoms with E-state index in [1.807, 2.05) is 39.0 Å². The molecular formula is C16H18BrNO2. The third-order valence-electron chi connectivity index (χ3n) is 3.13. The van der Waals surface area contributed by atoms with Gasteiger partial charge in [-0.2, -0.15) is 0 Å². The molecule has 0 aliphatic rings. The number of aliphatic hydroxyl groups is 1. The first-order chi connectivity index (χ1) is 9.51. The summed E-state index contributed by atoms with van der Waals surface area (Å²) in [6.45, 7) is 5.98. The van der Waals surface area contributed by atoms with Crippen LogP contribution in [0.1, 0.15) is 36.3 Å². The topological polar surface area (TPSA) is 42.4 Å². The van der Waals surface area contributed by atoms with Crippen LogP contribution in [0, 0.1) is 13.8 Å². The van der Waals surface area contributed by atoms with Crippen molar-refractivity contribution in [1.82, 2.24) is 4.98 Å². The van der Waals surface area contributed by atoms with Gasteiger partial charge in [0, 0.05) is 4.47 Å². The fourth-order valence-electron chi connectivity index (χ4n) is 1.96. The SMILES string of the molecule is CC[C@H](O)c1ccc(Oc2cc(C)c(Br)c(C)c2)cn1. The quantitative estimate of drug-likeness (QED) is 0.880. The van der Waals surface area contributed by atoms with Crippen LogP contribution in [0.3, 0.4) is 0 Å². The number of rotatable bonds is 4. The summed E-state index contributed by atoms with van der Waals surface area (Å²) in [4.78, 5) is 4.22. The van der Waals surface area contributed by atoms with Gasteiger partial charge in [-0.15, -0.1) is 0 Å². The van der Waals surface area contributed by atoms with Crippen LogP contribution in [0.4, 0.5) is 0 Å². The Morgan fingerprint density at radius 1 is 1.20 bits per heavy atom. The zero-order chi connectivity index (χ0) is 14.7. The molecule has 0 aliphatic heterocycles. The van der Waals surface area contributed by atoms with Crippen LogP contribution in [0.15, 0.2) is 34.9 Å². The number of nitrogens with zero attached hydrogens (tertiary/aromatic N) is 1. The highest BCUT2D eigenvalue weighted by Gasteiger charge is 2.08. The molecule has 2 rings (SSSR count). The average Bonchev–Trinajstić information content (AvgIpc) is 2.44. The monoisotopic (exact) mass is 335 g/mol. The second kappa shape index (κ2) is 6.37. The molecule has 0 fully saturated rings. The molecule has 0 amide bonds. The molecule has 0 saturated heterocycles. The first-order valence-corrected chi connectivity index (χ1v) is 7.39. The third-order valence-corrected chi connectivity index (χ3v) is 4.38. The van der Waals surface area contributed by atoms with Gasteiger partial charge in [0.15, 0.2) is 0 Å². The van der Waals surface area contributed by atoms with E-state index in [1.54, 1.807) is 12.3 Å². The van der Waals surface area contributed by atoms with Gasteiger partial charge in [-0.3, -0.25) is 4.98 Å². The summed E-state index contributed by atoms with van der Waals surface area (Å²) >= 11 is 3.54. The number of pyridine rings is 1. The number of aliphatic hydroxyl groups excluding tert-OH is 1. The third kappa shape index (κ3) is 3.38. The van der Waals surface area contributed by atoms with E-state index in [0.29, 0.717) is 17.9 Å². The van der Waals surface area contributed by atoms with E-state index in [4.69, 9.17) is 4.74 Å². The second-order valence-electron chi connectivity index (χ2n) is 4.82. The van der Waals surface area contributed by atoms with Crippen LogP contribution < -0.4 is 4.74 Å². The van der Waals surface area contributed by atoms with E-state index in [-0.39, 0.29) is 0 Å². The van der Waals surface area contributed by atoms with E-state index in [0.717, 1.165) is 21.3 Å². The highest BCUT2D eigenvalue weighted by atomic mass is 79.9. The molecule has 3 nitrogen and oxygen atoms in total. The number of ether oxygens (including phenoxy) is 1. The molecule has 106 valence electrons. The summed E-state index contributed by atoms with van der Waals surface area (Å²) in [5.41, 5.74) is 2.93. The van der Waals surface area contributed by atoms with E-state index >= 15 is 0 Å². The summed E-state index contributed by atoms with van der Waals surface area (Å²) in [5, 5.41) is 9.70. The average molecular weight is 336 g/mol. The van der Waals surface area contributed by atoms with Crippen LogP contribution in [0.2, 0.25) is 0 Å². The molecule has 20 heavy (non-hydrogen) atoms. The Bertz CT molecular complexity index is 573. The van der Waals surface area contributed by atoms with Crippen LogP contribution >= 0.6 is 15.9 Å². The molecule has 0 spiro atoms. The maximum Gasteiger partial charge on any atom is 0.145 e. The fraction of sp³-hybridized carbons (Fsp3) is 0.312. The molecule has 4 heteroatoms. The molecule has 2 aromatic rings. The van der Waals surface area contributed by atoms with Crippen molar-refractivity contribution in [3.63, 3.8) is 0 Å². The van der Waals surface area contributed by atoms with E-state index in [2.05, 4.69) is 20.9 Å². The minimum Gasteiger partial charge on any atom is -0.456 e. The number of hydrogen-bond acceptors (Lipinski definition) is 3. The van der Waals surface area contributed by atoms with Gasteiger partial charge < -0.3 is 9.84 Å². The van der Waals surface area contributed by atoms with Gasteiger partial charge in [-0.1, -0.05) is 22.9 Å². The number of aryl methyl sites for hydroxylation is 2. The molecule has 1 aromatic heterocycles. The van der Waals surface area contributed by atoms with Gasteiger partial charge in [-0.05, 0) is 55.7 Å². The van der Waals surface area contributed by atoms with E-state index in [1.165, 1.54) is 0 Å². The van der Waals surface area contributed by atoms with Crippen LogP contribution in [0.5, 0.6) is 11.5 Å². The zero-order valence-electron chi connectivity index (χ0n) is 11.9. The molecule has 0 unspecified atom stereocenters. The first-order valence-electron chi connectivity index (χ1n) is 6.60. The van der Waals surface area contributed by atoms with Gasteiger partial charge in [-0.25, -0.2) is 0 Å². The molecule has 1 N–H and O–H groups in total. The lowest BCUT2D eigenvalue weighted by Gasteiger charge is -2.11. The van der Waals surface area contributed by atoms with Gasteiger partial charge >= 0.3 is 0 Å². The summed E-state index contributed by atoms with van der Waals surface area (Å²) in [6.07, 6.45) is 1.78. The Morgan fingerprint density at radius 2 is 1.85 bits per heavy atom. The van der Waals surface area contributed by atoms with Crippen molar-refractivity contribution in [3.8, 4) is 11.5 Å². The van der Waals surface area contributed by atoms with Gasteiger partial charge in [0.1, 0.15) is 11.5 Å². The molecule has 0 saturated carbocycles. The minimum atomic E-state index is -0.513. The van der Waals surface area contributed by atoms with Gasteiger partial charge in [0.05, 0.1) is 18.0 Å². The lowest BCUT2D eigenvalue weighted by atomic mass is 10.1. The normalized spacial score (nSPS) is 12.2. The lowest BCUT2D eigenvalue weighted by Crippen LogP contribution is -1.98. The lowest BCUT2D eigenvalue weighted by molar-refractivity contribution is 0.169. The molecule has 1 heterocycles. The largest absolute Gasteiger partial charge is 0.456 e. The van der Waals surface area contributed by atoms with E-state index < -0.39 is 6.10 Å². The van der Waals surface area contributed by atoms with Crippen LogP contribution in [-0.4, -0.2) is 10.1 Å². The van der Waals surface area contributed by atoms with Gasteiger partial charge in [0.25, 0.3) is 0 Å². The van der Waals surface area contributed by atoms with Crippen molar-refractivity contribution < 1.29 is 9.84 Å². The zero-order valence-corrected chi connectivity index (χ0v) is 13.4. The molecule has 0 radical (unpaired) electrons. The Balaban J connectivity index is 2.18. The minimum absolute atomic E-state index is 0.513. The number of hydrogen-bond donors (Lipinski definition) is 1. The molecule has 1 aromatic carbocycles. The van der Waals surface area contributed by atoms with Crippen molar-refractivity contribution in [2.24, 2.45) is 0 Å². The number of benzene rings is 1. The highest BCUT2D eigenvalue weighted by Crippen LogP contribution is 2.29. The summed E-state index contributed by atoms with van der Waals surface area (Å²) in [5.74, 6) is 1.45. The summed E-state index contributed by atoms with van der Waals surface area (Å²) < 4.78 is 6.90. The van der Waals surface area contributed by atoms with E-state index in [9.17, 15) is 5.11 Å². The standard InChI is InChI=1S/C16H18BrNO2/c1-4-15(19)14-6-5-12(9-18-14)20-13-7-10(2)16(17)11(3)8-13/h5-9,15,19H,4H2,1-3H3/t15-/m0/s1. The molecule has 1 atom stereocenters. The Morgan fingerprint density at radius 3 is 2.35 bits per heavy atom. The molecule has 0 bridgehead atoms. The Labute approximate surface area is 127 Å². The summed E-state index contributed by atoms with van der Waals surface area (Å²) in [7, 11) is 0. The van der Waals surface area contributed by atoms with Gasteiger partial charge in [0.2, 0.25) is 0 Å². The molecule has 0 aliphatic carbocycles. The maximum atomic E-state index is 9.70. The highest BCUT2D eigenvalue weighted by molar-refractivity contribution is 9.10.